The van der Waals surface area contributed by atoms with E-state index in [0.29, 0.717) is 12.8 Å². The van der Waals surface area contributed by atoms with Crippen LogP contribution in [0.15, 0.2) is 0 Å². The first kappa shape index (κ1) is 23.1. The molecule has 142 valence electrons. The molecule has 0 aromatic heterocycles. The van der Waals surface area contributed by atoms with Crippen LogP contribution in [-0.2, 0) is 9.59 Å². The first-order valence-electron chi connectivity index (χ1n) is 8.99. The average Bonchev–Trinajstić information content (AvgIpc) is 2.34. The van der Waals surface area contributed by atoms with Gasteiger partial charge < -0.3 is 10.4 Å². The summed E-state index contributed by atoms with van der Waals surface area (Å²) in [5, 5.41) is 12.9. The van der Waals surface area contributed by atoms with Crippen LogP contribution in [0.2, 0.25) is 0 Å². The van der Waals surface area contributed by atoms with Crippen LogP contribution in [-0.4, -0.2) is 29.4 Å². The van der Waals surface area contributed by atoms with Crippen molar-refractivity contribution in [1.82, 2.24) is 5.32 Å². The Labute approximate surface area is 148 Å². The third-order valence-corrected chi connectivity index (χ3v) is 4.88. The molecule has 0 aromatic carbocycles. The summed E-state index contributed by atoms with van der Waals surface area (Å²) < 4.78 is 0. The molecule has 0 aliphatic rings. The molecule has 0 saturated heterocycles. The van der Waals surface area contributed by atoms with Crippen molar-refractivity contribution in [3.8, 4) is 0 Å². The van der Waals surface area contributed by atoms with Crippen molar-refractivity contribution in [2.24, 2.45) is 21.7 Å². The Bertz CT molecular complexity index is 456. The summed E-state index contributed by atoms with van der Waals surface area (Å²) in [5.74, 6) is -0.540. The summed E-state index contributed by atoms with van der Waals surface area (Å²) in [7, 11) is 0. The molecule has 0 fully saturated rings. The summed E-state index contributed by atoms with van der Waals surface area (Å²) >= 11 is 0. The van der Waals surface area contributed by atoms with Crippen LogP contribution in [0.25, 0.3) is 0 Å². The minimum atomic E-state index is -0.803. The number of hydrogen-bond acceptors (Lipinski definition) is 3. The van der Waals surface area contributed by atoms with Crippen LogP contribution in [0, 0.1) is 21.7 Å². The minimum absolute atomic E-state index is 0.0284. The van der Waals surface area contributed by atoms with Gasteiger partial charge in [-0.05, 0) is 38.6 Å². The highest BCUT2D eigenvalue weighted by molar-refractivity contribution is 5.88. The lowest BCUT2D eigenvalue weighted by atomic mass is 9.63. The highest BCUT2D eigenvalue weighted by Gasteiger charge is 2.44. The summed E-state index contributed by atoms with van der Waals surface area (Å²) in [4.78, 5) is 24.4. The molecule has 0 amide bonds. The summed E-state index contributed by atoms with van der Waals surface area (Å²) in [6.45, 7) is 20.5. The van der Waals surface area contributed by atoms with E-state index in [-0.39, 0.29) is 22.7 Å². The number of Topliss-reactive ketones (excluding diaryl/α,β-unsaturated/α-hetero) is 1. The van der Waals surface area contributed by atoms with Gasteiger partial charge in [-0.2, -0.15) is 0 Å². The molecular formula is C20H39NO3. The second-order valence-corrected chi connectivity index (χ2v) is 10.1. The number of carboxylic acid groups (broad SMARTS) is 1. The molecule has 0 saturated carbocycles. The van der Waals surface area contributed by atoms with E-state index >= 15 is 0 Å². The van der Waals surface area contributed by atoms with Crippen LogP contribution in [0.3, 0.4) is 0 Å². The molecule has 4 nitrogen and oxygen atoms in total. The van der Waals surface area contributed by atoms with E-state index in [2.05, 4.69) is 19.2 Å². The fraction of sp³-hybridized carbons (Fsp3) is 0.900. The molecule has 2 N–H and O–H groups in total. The first-order chi connectivity index (χ1) is 10.5. The molecule has 0 aromatic rings. The molecule has 0 bridgehead atoms. The maximum atomic E-state index is 12.8. The fourth-order valence-corrected chi connectivity index (χ4v) is 3.83. The summed E-state index contributed by atoms with van der Waals surface area (Å²) in [6, 6.07) is 0.0284. The number of hydrogen-bond donors (Lipinski definition) is 2. The first-order valence-corrected chi connectivity index (χ1v) is 8.99. The number of ketones is 1. The third kappa shape index (κ3) is 6.19. The SMILES string of the molecule is CCNC(CC(C)(C)C(=O)O)C(C)(C)CC(C)(C)C(=O)C(C)(C)C. The van der Waals surface area contributed by atoms with Crippen molar-refractivity contribution < 1.29 is 14.7 Å². The summed E-state index contributed by atoms with van der Waals surface area (Å²) in [5.41, 5.74) is -1.84. The zero-order valence-electron chi connectivity index (χ0n) is 17.5. The average molecular weight is 342 g/mol. The van der Waals surface area contributed by atoms with Gasteiger partial charge in [0.05, 0.1) is 5.41 Å². The zero-order chi connectivity index (χ0) is 19.6. The van der Waals surface area contributed by atoms with Crippen LogP contribution in [0.5, 0.6) is 0 Å². The van der Waals surface area contributed by atoms with Crippen LogP contribution in [0.4, 0.5) is 0 Å². The van der Waals surface area contributed by atoms with E-state index in [1.54, 1.807) is 13.8 Å². The van der Waals surface area contributed by atoms with Crippen molar-refractivity contribution >= 4 is 11.8 Å². The molecule has 24 heavy (non-hydrogen) atoms. The molecular weight excluding hydrogens is 302 g/mol. The number of nitrogens with one attached hydrogen (secondary N) is 1. The van der Waals surface area contributed by atoms with Crippen LogP contribution < -0.4 is 5.32 Å². The molecule has 0 rings (SSSR count). The number of rotatable bonds is 9. The van der Waals surface area contributed by atoms with Gasteiger partial charge in [-0.1, -0.05) is 55.4 Å². The highest BCUT2D eigenvalue weighted by atomic mass is 16.4. The molecule has 0 spiro atoms. The second kappa shape index (κ2) is 7.55. The molecule has 0 radical (unpaired) electrons. The Balaban J connectivity index is 5.48. The lowest BCUT2D eigenvalue weighted by Crippen LogP contribution is -2.49. The highest BCUT2D eigenvalue weighted by Crippen LogP contribution is 2.43. The molecule has 4 heteroatoms. The molecule has 1 atom stereocenters. The van der Waals surface area contributed by atoms with Crippen molar-refractivity contribution in [2.75, 3.05) is 6.54 Å². The largest absolute Gasteiger partial charge is 0.481 e. The quantitative estimate of drug-likeness (QED) is 0.647. The maximum Gasteiger partial charge on any atom is 0.309 e. The second-order valence-electron chi connectivity index (χ2n) is 10.1. The van der Waals surface area contributed by atoms with Gasteiger partial charge in [0.15, 0.2) is 0 Å². The third-order valence-electron chi connectivity index (χ3n) is 4.88. The van der Waals surface area contributed by atoms with Crippen molar-refractivity contribution in [3.05, 3.63) is 0 Å². The number of carbonyl (C=O) groups excluding carboxylic acids is 1. The predicted molar refractivity (Wildman–Crippen MR) is 100 cm³/mol. The lowest BCUT2D eigenvalue weighted by Gasteiger charge is -2.43. The van der Waals surface area contributed by atoms with E-state index in [0.717, 1.165) is 6.54 Å². The monoisotopic (exact) mass is 341 g/mol. The fourth-order valence-electron chi connectivity index (χ4n) is 3.83. The van der Waals surface area contributed by atoms with Gasteiger partial charge in [0.1, 0.15) is 5.78 Å². The van der Waals surface area contributed by atoms with Crippen LogP contribution >= 0.6 is 0 Å². The van der Waals surface area contributed by atoms with Crippen LogP contribution in [0.1, 0.15) is 82.1 Å². The predicted octanol–water partition coefficient (Wildman–Crippen LogP) is 4.52. The number of aliphatic carboxylic acids is 1. The van der Waals surface area contributed by atoms with Gasteiger partial charge >= 0.3 is 5.97 Å². The van der Waals surface area contributed by atoms with Gasteiger partial charge in [0, 0.05) is 16.9 Å². The summed E-state index contributed by atoms with van der Waals surface area (Å²) in [6.07, 6.45) is 1.24. The standard InChI is InChI=1S/C20H39NO3/c1-11-21-14(12-18(5,6)16(23)24)19(7,8)13-20(9,10)15(22)17(2,3)4/h14,21H,11-13H2,1-10H3,(H,23,24). The Morgan fingerprint density at radius 2 is 1.38 bits per heavy atom. The van der Waals surface area contributed by atoms with E-state index in [4.69, 9.17) is 0 Å². The molecule has 0 aliphatic carbocycles. The van der Waals surface area contributed by atoms with Gasteiger partial charge in [-0.25, -0.2) is 0 Å². The van der Waals surface area contributed by atoms with Crippen molar-refractivity contribution in [1.29, 1.82) is 0 Å². The normalized spacial score (nSPS) is 15.2. The topological polar surface area (TPSA) is 66.4 Å². The minimum Gasteiger partial charge on any atom is -0.481 e. The smallest absolute Gasteiger partial charge is 0.309 e. The van der Waals surface area contributed by atoms with Crippen molar-refractivity contribution in [3.63, 3.8) is 0 Å². The lowest BCUT2D eigenvalue weighted by molar-refractivity contribution is -0.148. The Kier molecular flexibility index (Phi) is 7.27. The van der Waals surface area contributed by atoms with Crippen molar-refractivity contribution in [2.45, 2.75) is 88.1 Å². The molecule has 0 heterocycles. The van der Waals surface area contributed by atoms with E-state index < -0.39 is 16.8 Å². The molecule has 1 unspecified atom stereocenters. The zero-order valence-corrected chi connectivity index (χ0v) is 17.5. The Morgan fingerprint density at radius 3 is 1.71 bits per heavy atom. The molecule has 0 aliphatic heterocycles. The van der Waals surface area contributed by atoms with Gasteiger partial charge in [0.25, 0.3) is 0 Å². The van der Waals surface area contributed by atoms with Gasteiger partial charge in [0.2, 0.25) is 0 Å². The Morgan fingerprint density at radius 1 is 0.917 bits per heavy atom. The van der Waals surface area contributed by atoms with Gasteiger partial charge in [-0.3, -0.25) is 9.59 Å². The van der Waals surface area contributed by atoms with E-state index in [1.807, 2.05) is 41.5 Å². The number of carboxylic acids is 1. The van der Waals surface area contributed by atoms with Gasteiger partial charge in [-0.15, -0.1) is 0 Å². The maximum absolute atomic E-state index is 12.8. The number of carbonyl (C=O) groups is 2. The van der Waals surface area contributed by atoms with E-state index in [9.17, 15) is 14.7 Å². The van der Waals surface area contributed by atoms with E-state index in [1.165, 1.54) is 0 Å². The Hall–Kier alpha value is -0.900.